The van der Waals surface area contributed by atoms with Gasteiger partial charge in [0.05, 0.1) is 32.4 Å². The lowest BCUT2D eigenvalue weighted by atomic mass is 10.1. The van der Waals surface area contributed by atoms with Crippen LogP contribution in [0.2, 0.25) is 0 Å². The average Bonchev–Trinajstić information content (AvgIpc) is 3.36. The van der Waals surface area contributed by atoms with E-state index in [9.17, 15) is 9.59 Å². The van der Waals surface area contributed by atoms with Crippen molar-refractivity contribution in [2.75, 3.05) is 6.54 Å². The van der Waals surface area contributed by atoms with Crippen molar-refractivity contribution in [1.82, 2.24) is 30.3 Å². The maximum absolute atomic E-state index is 12.4. The molecule has 29 heavy (non-hydrogen) atoms. The molecule has 0 unspecified atom stereocenters. The first-order valence-electron chi connectivity index (χ1n) is 8.41. The van der Waals surface area contributed by atoms with Crippen LogP contribution in [-0.4, -0.2) is 48.5 Å². The van der Waals surface area contributed by atoms with E-state index in [1.807, 2.05) is 6.07 Å². The van der Waals surface area contributed by atoms with Crippen molar-refractivity contribution in [2.24, 2.45) is 0 Å². The van der Waals surface area contributed by atoms with E-state index in [1.54, 1.807) is 23.3 Å². The number of aromatic carboxylic acids is 1. The van der Waals surface area contributed by atoms with Gasteiger partial charge in [-0.2, -0.15) is 0 Å². The Hall–Kier alpha value is -3.18. The molecule has 0 fully saturated rings. The molecule has 0 aromatic carbocycles. The normalized spacial score (nSPS) is 10.9. The monoisotopic (exact) mass is 472 g/mol. The summed E-state index contributed by atoms with van der Waals surface area (Å²) in [7, 11) is 0. The minimum absolute atomic E-state index is 0.0782. The highest BCUT2D eigenvalue weighted by molar-refractivity contribution is 9.10. The number of carbonyl (C=O) groups excluding carboxylic acids is 1. The number of nitrogens with zero attached hydrogens (tertiary/aromatic N) is 5. The number of carboxylic acid groups (broad SMARTS) is 1. The van der Waals surface area contributed by atoms with Gasteiger partial charge in [0.2, 0.25) is 0 Å². The van der Waals surface area contributed by atoms with E-state index in [-0.39, 0.29) is 11.5 Å². The number of rotatable bonds is 6. The summed E-state index contributed by atoms with van der Waals surface area (Å²) in [5, 5.41) is 20.9. The van der Waals surface area contributed by atoms with Gasteiger partial charge in [-0.1, -0.05) is 5.21 Å². The Morgan fingerprint density at radius 1 is 1.17 bits per heavy atom. The minimum atomic E-state index is -1.06. The summed E-state index contributed by atoms with van der Waals surface area (Å²) < 4.78 is 3.41. The van der Waals surface area contributed by atoms with Crippen LogP contribution in [0.4, 0.5) is 0 Å². The highest BCUT2D eigenvalue weighted by Crippen LogP contribution is 2.31. The molecule has 0 spiro atoms. The number of thiophene rings is 1. The predicted molar refractivity (Wildman–Crippen MR) is 110 cm³/mol. The Morgan fingerprint density at radius 2 is 2.00 bits per heavy atom. The number of amides is 1. The first kappa shape index (κ1) is 19.2. The fourth-order valence-electron chi connectivity index (χ4n) is 2.65. The number of hydrogen-bond donors (Lipinski definition) is 2. The van der Waals surface area contributed by atoms with E-state index in [4.69, 9.17) is 5.11 Å². The van der Waals surface area contributed by atoms with Gasteiger partial charge >= 0.3 is 5.97 Å². The zero-order valence-electron chi connectivity index (χ0n) is 14.7. The van der Waals surface area contributed by atoms with Gasteiger partial charge in [0.15, 0.2) is 0 Å². The van der Waals surface area contributed by atoms with Crippen LogP contribution in [0.3, 0.4) is 0 Å². The number of aromatic nitrogens is 5. The maximum Gasteiger partial charge on any atom is 0.337 e. The topological polar surface area (TPSA) is 123 Å². The van der Waals surface area contributed by atoms with Crippen molar-refractivity contribution >= 4 is 49.2 Å². The van der Waals surface area contributed by atoms with Crippen LogP contribution >= 0.6 is 27.3 Å². The number of nitrogens with one attached hydrogen (secondary N) is 1. The standard InChI is InChI=1S/C18H13BrN6O3S/c19-13-8-21-6-11-4-15(29-16(11)13)17(26)22-1-2-25-9-14(23-24-25)10-3-12(18(27)28)7-20-5-10/h3-9H,1-2H2,(H,22,26)(H,27,28). The van der Waals surface area contributed by atoms with E-state index in [2.05, 4.69) is 41.5 Å². The lowest BCUT2D eigenvalue weighted by molar-refractivity contribution is 0.0696. The number of fused-ring (bicyclic) bond motifs is 1. The van der Waals surface area contributed by atoms with E-state index in [0.29, 0.717) is 29.2 Å². The number of pyridine rings is 2. The molecule has 0 aliphatic heterocycles. The van der Waals surface area contributed by atoms with Crippen molar-refractivity contribution in [1.29, 1.82) is 0 Å². The van der Waals surface area contributed by atoms with Crippen molar-refractivity contribution in [3.63, 3.8) is 0 Å². The molecule has 0 radical (unpaired) electrons. The first-order valence-corrected chi connectivity index (χ1v) is 10.0. The Bertz CT molecular complexity index is 1220. The molecule has 0 saturated carbocycles. The molecule has 0 aliphatic rings. The predicted octanol–water partition coefficient (Wildman–Crippen LogP) is 2.84. The molecule has 1 amide bonds. The third-order valence-electron chi connectivity index (χ3n) is 4.05. The van der Waals surface area contributed by atoms with Crippen molar-refractivity contribution in [2.45, 2.75) is 6.54 Å². The highest BCUT2D eigenvalue weighted by Gasteiger charge is 2.12. The minimum Gasteiger partial charge on any atom is -0.478 e. The van der Waals surface area contributed by atoms with E-state index in [0.717, 1.165) is 14.6 Å². The van der Waals surface area contributed by atoms with Crippen LogP contribution in [0.15, 0.2) is 47.6 Å². The largest absolute Gasteiger partial charge is 0.478 e. The molecule has 9 nitrogen and oxygen atoms in total. The Morgan fingerprint density at radius 3 is 2.79 bits per heavy atom. The van der Waals surface area contributed by atoms with E-state index < -0.39 is 5.97 Å². The van der Waals surface area contributed by atoms with Gasteiger partial charge in [0.25, 0.3) is 5.91 Å². The average molecular weight is 473 g/mol. The first-order chi connectivity index (χ1) is 14.0. The Balaban J connectivity index is 1.38. The second-order valence-electron chi connectivity index (χ2n) is 6.04. The molecule has 0 aliphatic carbocycles. The van der Waals surface area contributed by atoms with Gasteiger partial charge in [0.1, 0.15) is 5.69 Å². The van der Waals surface area contributed by atoms with Crippen molar-refractivity contribution in [3.8, 4) is 11.3 Å². The summed E-state index contributed by atoms with van der Waals surface area (Å²) in [6.45, 7) is 0.781. The third-order valence-corrected chi connectivity index (χ3v) is 6.10. The van der Waals surface area contributed by atoms with E-state index >= 15 is 0 Å². The van der Waals surface area contributed by atoms with Crippen molar-refractivity contribution in [3.05, 3.63) is 58.0 Å². The molecule has 0 saturated heterocycles. The quantitative estimate of drug-likeness (QED) is 0.442. The molecular weight excluding hydrogens is 460 g/mol. The molecular formula is C18H13BrN6O3S. The van der Waals surface area contributed by atoms with Crippen LogP contribution in [0.1, 0.15) is 20.0 Å². The SMILES string of the molecule is O=C(O)c1cncc(-c2cn(CCNC(=O)c3cc4cncc(Br)c4s3)nn2)c1. The van der Waals surface area contributed by atoms with Gasteiger partial charge in [0, 0.05) is 42.3 Å². The molecule has 146 valence electrons. The lowest BCUT2D eigenvalue weighted by Crippen LogP contribution is -2.26. The van der Waals surface area contributed by atoms with Crippen LogP contribution in [0, 0.1) is 0 Å². The summed E-state index contributed by atoms with van der Waals surface area (Å²) in [6, 6.07) is 3.29. The van der Waals surface area contributed by atoms with Gasteiger partial charge in [-0.05, 0) is 28.1 Å². The Kier molecular flexibility index (Phi) is 5.32. The molecule has 2 N–H and O–H groups in total. The lowest BCUT2D eigenvalue weighted by Gasteiger charge is -2.03. The Labute approximate surface area is 176 Å². The van der Waals surface area contributed by atoms with Gasteiger partial charge in [-0.25, -0.2) is 4.79 Å². The molecule has 0 bridgehead atoms. The number of carbonyl (C=O) groups is 2. The van der Waals surface area contributed by atoms with Crippen LogP contribution in [0.5, 0.6) is 0 Å². The van der Waals surface area contributed by atoms with Gasteiger partial charge in [-0.3, -0.25) is 19.4 Å². The highest BCUT2D eigenvalue weighted by atomic mass is 79.9. The molecule has 0 atom stereocenters. The molecule has 4 aromatic rings. The van der Waals surface area contributed by atoms with Gasteiger partial charge < -0.3 is 10.4 Å². The summed E-state index contributed by atoms with van der Waals surface area (Å²) in [4.78, 5) is 32.1. The molecule has 4 rings (SSSR count). The van der Waals surface area contributed by atoms with Crippen molar-refractivity contribution < 1.29 is 14.7 Å². The summed E-state index contributed by atoms with van der Waals surface area (Å²) >= 11 is 4.83. The zero-order valence-corrected chi connectivity index (χ0v) is 17.1. The fraction of sp³-hybridized carbons (Fsp3) is 0.111. The fourth-order valence-corrected chi connectivity index (χ4v) is 4.19. The number of halogens is 1. The summed E-state index contributed by atoms with van der Waals surface area (Å²) in [5.41, 5.74) is 1.15. The molecule has 4 aromatic heterocycles. The van der Waals surface area contributed by atoms with Crippen LogP contribution < -0.4 is 5.32 Å². The van der Waals surface area contributed by atoms with E-state index in [1.165, 1.54) is 29.8 Å². The van der Waals surface area contributed by atoms with Crippen LogP contribution in [-0.2, 0) is 6.54 Å². The smallest absolute Gasteiger partial charge is 0.337 e. The number of carboxylic acids is 1. The second-order valence-corrected chi connectivity index (χ2v) is 7.95. The molecule has 11 heteroatoms. The maximum atomic E-state index is 12.4. The second kappa shape index (κ2) is 8.05. The summed E-state index contributed by atoms with van der Waals surface area (Å²) in [5.74, 6) is -1.23. The zero-order chi connectivity index (χ0) is 20.4. The van der Waals surface area contributed by atoms with Gasteiger partial charge in [-0.15, -0.1) is 16.4 Å². The number of hydrogen-bond acceptors (Lipinski definition) is 7. The third kappa shape index (κ3) is 4.15. The summed E-state index contributed by atoms with van der Waals surface area (Å²) in [6.07, 6.45) is 7.89. The molecule has 4 heterocycles. The van der Waals surface area contributed by atoms with Crippen LogP contribution in [0.25, 0.3) is 21.3 Å².